The Bertz CT molecular complexity index is 311. The molecule has 0 radical (unpaired) electrons. The summed E-state index contributed by atoms with van der Waals surface area (Å²) in [5, 5.41) is 0. The maximum absolute atomic E-state index is 5.68. The van der Waals surface area contributed by atoms with Crippen LogP contribution in [0, 0.1) is 5.92 Å². The molecule has 1 aliphatic heterocycles. The quantitative estimate of drug-likeness (QED) is 0.925. The van der Waals surface area contributed by atoms with Gasteiger partial charge in [0.2, 0.25) is 0 Å². The summed E-state index contributed by atoms with van der Waals surface area (Å²) in [5.74, 6) is 0.760. The fourth-order valence-electron chi connectivity index (χ4n) is 2.04. The summed E-state index contributed by atoms with van der Waals surface area (Å²) in [6.07, 6.45) is 2.53. The van der Waals surface area contributed by atoms with Crippen LogP contribution in [0.5, 0.6) is 0 Å². The van der Waals surface area contributed by atoms with Gasteiger partial charge in [-0.25, -0.2) is 0 Å². The van der Waals surface area contributed by atoms with Crippen molar-refractivity contribution in [3.05, 3.63) is 20.8 Å². The molecule has 0 saturated carbocycles. The van der Waals surface area contributed by atoms with E-state index in [-0.39, 0.29) is 12.4 Å². The van der Waals surface area contributed by atoms with E-state index in [0.717, 1.165) is 19.0 Å². The Labute approximate surface area is 116 Å². The first-order chi connectivity index (χ1) is 7.28. The smallest absolute Gasteiger partial charge is 0.0701 e. The lowest BCUT2D eigenvalue weighted by Crippen LogP contribution is -2.35. The minimum atomic E-state index is 0. The van der Waals surface area contributed by atoms with E-state index >= 15 is 0 Å². The molecule has 1 aromatic rings. The molecule has 0 bridgehead atoms. The topological polar surface area (TPSA) is 29.3 Å². The van der Waals surface area contributed by atoms with Crippen LogP contribution >= 0.6 is 39.7 Å². The molecule has 92 valence electrons. The van der Waals surface area contributed by atoms with Crippen molar-refractivity contribution in [1.82, 2.24) is 4.90 Å². The Hall–Kier alpha value is 0.390. The van der Waals surface area contributed by atoms with Gasteiger partial charge in [-0.2, -0.15) is 0 Å². The van der Waals surface area contributed by atoms with E-state index in [9.17, 15) is 0 Å². The van der Waals surface area contributed by atoms with Gasteiger partial charge < -0.3 is 5.73 Å². The van der Waals surface area contributed by atoms with Gasteiger partial charge in [0.1, 0.15) is 0 Å². The van der Waals surface area contributed by atoms with Crippen LogP contribution in [0.4, 0.5) is 0 Å². The van der Waals surface area contributed by atoms with Crippen LogP contribution < -0.4 is 5.73 Å². The number of piperidine rings is 1. The van der Waals surface area contributed by atoms with Crippen molar-refractivity contribution < 1.29 is 0 Å². The molecule has 2 rings (SSSR count). The maximum atomic E-state index is 5.68. The Morgan fingerprint density at radius 2 is 2.06 bits per heavy atom. The Kier molecular flexibility index (Phi) is 6.29. The second-order valence-corrected chi connectivity index (χ2v) is 6.71. The first kappa shape index (κ1) is 14.5. The molecule has 0 aromatic carbocycles. The van der Waals surface area contributed by atoms with Crippen LogP contribution in [-0.2, 0) is 6.54 Å². The van der Waals surface area contributed by atoms with Gasteiger partial charge in [0, 0.05) is 11.4 Å². The summed E-state index contributed by atoms with van der Waals surface area (Å²) < 4.78 is 1.23. The minimum absolute atomic E-state index is 0. The van der Waals surface area contributed by atoms with E-state index < -0.39 is 0 Å². The number of thiophene rings is 1. The summed E-state index contributed by atoms with van der Waals surface area (Å²) in [6.45, 7) is 4.38. The van der Waals surface area contributed by atoms with Crippen LogP contribution in [0.3, 0.4) is 0 Å². The highest BCUT2D eigenvalue weighted by Gasteiger charge is 2.18. The van der Waals surface area contributed by atoms with E-state index in [1.165, 1.54) is 34.6 Å². The zero-order chi connectivity index (χ0) is 10.7. The van der Waals surface area contributed by atoms with Crippen molar-refractivity contribution in [2.24, 2.45) is 11.7 Å². The lowest BCUT2D eigenvalue weighted by Gasteiger charge is -2.30. The molecule has 0 amide bonds. The molecule has 2 N–H and O–H groups in total. The Balaban J connectivity index is 0.00000128. The number of hydrogen-bond acceptors (Lipinski definition) is 3. The third-order valence-corrected chi connectivity index (χ3v) is 4.66. The van der Waals surface area contributed by atoms with Crippen molar-refractivity contribution in [1.29, 1.82) is 0 Å². The molecule has 1 fully saturated rings. The van der Waals surface area contributed by atoms with Crippen molar-refractivity contribution in [2.45, 2.75) is 19.4 Å². The van der Waals surface area contributed by atoms with Gasteiger partial charge in [-0.05, 0) is 66.5 Å². The standard InChI is InChI=1S/C11H17BrN2S.ClH/c12-11-2-1-10(15-11)8-14-5-3-9(7-13)4-6-14;/h1-2,9H,3-8,13H2;1H. The number of rotatable bonds is 3. The van der Waals surface area contributed by atoms with E-state index in [4.69, 9.17) is 5.73 Å². The molecular formula is C11H18BrClN2S. The fourth-order valence-corrected chi connectivity index (χ4v) is 3.56. The zero-order valence-electron chi connectivity index (χ0n) is 9.19. The number of hydrogen-bond donors (Lipinski definition) is 1. The van der Waals surface area contributed by atoms with Crippen LogP contribution in [0.15, 0.2) is 15.9 Å². The Morgan fingerprint density at radius 3 is 2.56 bits per heavy atom. The van der Waals surface area contributed by atoms with Gasteiger partial charge in [0.25, 0.3) is 0 Å². The second kappa shape index (κ2) is 6.97. The summed E-state index contributed by atoms with van der Waals surface area (Å²) in [7, 11) is 0. The van der Waals surface area contributed by atoms with Crippen LogP contribution in [0.25, 0.3) is 0 Å². The molecule has 2 nitrogen and oxygen atoms in total. The second-order valence-electron chi connectivity index (χ2n) is 4.16. The average molecular weight is 326 g/mol. The highest BCUT2D eigenvalue weighted by molar-refractivity contribution is 9.11. The van der Waals surface area contributed by atoms with Crippen molar-refractivity contribution in [3.63, 3.8) is 0 Å². The van der Waals surface area contributed by atoms with E-state index in [0.29, 0.717) is 0 Å². The van der Waals surface area contributed by atoms with Crippen LogP contribution in [-0.4, -0.2) is 24.5 Å². The summed E-state index contributed by atoms with van der Waals surface area (Å²) >= 11 is 5.34. The Morgan fingerprint density at radius 1 is 1.38 bits per heavy atom. The third-order valence-electron chi connectivity index (χ3n) is 3.05. The van der Waals surface area contributed by atoms with Crippen molar-refractivity contribution >= 4 is 39.7 Å². The third kappa shape index (κ3) is 4.00. The first-order valence-electron chi connectivity index (χ1n) is 5.44. The molecule has 1 aromatic heterocycles. The van der Waals surface area contributed by atoms with Crippen molar-refractivity contribution in [3.8, 4) is 0 Å². The van der Waals surface area contributed by atoms with E-state index in [1.807, 2.05) is 11.3 Å². The minimum Gasteiger partial charge on any atom is -0.330 e. The van der Waals surface area contributed by atoms with Gasteiger partial charge in [-0.1, -0.05) is 0 Å². The summed E-state index contributed by atoms with van der Waals surface area (Å²) in [6, 6.07) is 4.34. The van der Waals surface area contributed by atoms with Gasteiger partial charge in [0.05, 0.1) is 3.79 Å². The maximum Gasteiger partial charge on any atom is 0.0701 e. The normalized spacial score (nSPS) is 18.4. The van der Waals surface area contributed by atoms with Crippen molar-refractivity contribution in [2.75, 3.05) is 19.6 Å². The molecule has 0 spiro atoms. The number of likely N-dealkylation sites (tertiary alicyclic amines) is 1. The number of nitrogens with zero attached hydrogens (tertiary/aromatic N) is 1. The van der Waals surface area contributed by atoms with Gasteiger partial charge in [0.15, 0.2) is 0 Å². The number of halogens is 2. The van der Waals surface area contributed by atoms with E-state index in [1.54, 1.807) is 0 Å². The van der Waals surface area contributed by atoms with Gasteiger partial charge in [-0.15, -0.1) is 23.7 Å². The van der Waals surface area contributed by atoms with E-state index in [2.05, 4.69) is 33.0 Å². The molecule has 0 atom stereocenters. The molecule has 0 unspecified atom stereocenters. The fraction of sp³-hybridized carbons (Fsp3) is 0.636. The predicted molar refractivity (Wildman–Crippen MR) is 76.3 cm³/mol. The first-order valence-corrected chi connectivity index (χ1v) is 7.05. The lowest BCUT2D eigenvalue weighted by atomic mass is 9.97. The van der Waals surface area contributed by atoms with Gasteiger partial charge >= 0.3 is 0 Å². The molecule has 5 heteroatoms. The SMILES string of the molecule is Cl.NCC1CCN(Cc2ccc(Br)s2)CC1. The highest BCUT2D eigenvalue weighted by atomic mass is 79.9. The zero-order valence-corrected chi connectivity index (χ0v) is 12.4. The summed E-state index contributed by atoms with van der Waals surface area (Å²) in [5.41, 5.74) is 5.68. The molecule has 16 heavy (non-hydrogen) atoms. The van der Waals surface area contributed by atoms with Crippen LogP contribution in [0.1, 0.15) is 17.7 Å². The summed E-state index contributed by atoms with van der Waals surface area (Å²) in [4.78, 5) is 3.98. The lowest BCUT2D eigenvalue weighted by molar-refractivity contribution is 0.182. The molecule has 1 aliphatic rings. The highest BCUT2D eigenvalue weighted by Crippen LogP contribution is 2.25. The predicted octanol–water partition coefficient (Wildman–Crippen LogP) is 3.10. The van der Waals surface area contributed by atoms with Gasteiger partial charge in [-0.3, -0.25) is 4.90 Å². The average Bonchev–Trinajstić information content (AvgIpc) is 2.65. The molecule has 0 aliphatic carbocycles. The molecular weight excluding hydrogens is 308 g/mol. The molecule has 2 heterocycles. The number of nitrogens with two attached hydrogens (primary N) is 1. The largest absolute Gasteiger partial charge is 0.330 e. The molecule has 1 saturated heterocycles. The van der Waals surface area contributed by atoms with Crippen LogP contribution in [0.2, 0.25) is 0 Å². The monoisotopic (exact) mass is 324 g/mol.